The first kappa shape index (κ1) is 19.2. The minimum Gasteiger partial charge on any atom is -0.371 e. The number of nitrogens with zero attached hydrogens (tertiary/aromatic N) is 2. The third-order valence-corrected chi connectivity index (χ3v) is 6.12. The predicted octanol–water partition coefficient (Wildman–Crippen LogP) is 5.21. The number of para-hydroxylation sites is 1. The molecule has 2 aliphatic rings. The van der Waals surface area contributed by atoms with Crippen molar-refractivity contribution in [1.29, 1.82) is 0 Å². The first-order valence-electron chi connectivity index (χ1n) is 10.7. The Morgan fingerprint density at radius 1 is 1.10 bits per heavy atom. The average molecular weight is 404 g/mol. The van der Waals surface area contributed by atoms with Gasteiger partial charge in [0, 0.05) is 30.1 Å². The van der Waals surface area contributed by atoms with E-state index in [0.29, 0.717) is 25.5 Å². The van der Waals surface area contributed by atoms with Crippen molar-refractivity contribution in [3.05, 3.63) is 77.7 Å². The number of fused-ring (bicyclic) bond motifs is 1. The molecule has 1 aliphatic heterocycles. The molecule has 154 valence electrons. The molecule has 0 bridgehead atoms. The number of aromatic nitrogens is 1. The molecule has 30 heavy (non-hydrogen) atoms. The number of carbonyl (C=O) groups excluding carboxylic acids is 1. The molecule has 0 unspecified atom stereocenters. The van der Waals surface area contributed by atoms with Crippen molar-refractivity contribution in [2.75, 3.05) is 13.2 Å². The predicted molar refractivity (Wildman–Crippen MR) is 113 cm³/mol. The molecule has 2 fully saturated rings. The van der Waals surface area contributed by atoms with Crippen molar-refractivity contribution in [3.8, 4) is 0 Å². The molecule has 0 radical (unpaired) electrons. The average Bonchev–Trinajstić information content (AvgIpc) is 3.51. The van der Waals surface area contributed by atoms with Crippen molar-refractivity contribution >= 4 is 16.8 Å². The second kappa shape index (κ2) is 8.15. The van der Waals surface area contributed by atoms with Crippen LogP contribution in [0.4, 0.5) is 4.39 Å². The lowest BCUT2D eigenvalue weighted by atomic mass is 9.92. The van der Waals surface area contributed by atoms with Gasteiger partial charge in [0.2, 0.25) is 5.91 Å². The standard InChI is InChI=1S/C25H25FN2O2/c26-20-12-10-19(11-13-20)24(28-15-3-7-22(28)29)25(30-16-17-8-9-17)21-6-1-4-18-5-2-14-27-23(18)21/h1-2,4-6,10-14,17,24-25H,3,7-9,15-16H2/t24-,25+/m0/s1. The number of ether oxygens (including phenoxy) is 1. The van der Waals surface area contributed by atoms with E-state index in [1.807, 2.05) is 35.2 Å². The van der Waals surface area contributed by atoms with E-state index in [-0.39, 0.29) is 23.9 Å². The summed E-state index contributed by atoms with van der Waals surface area (Å²) in [5.74, 6) is 0.420. The maximum Gasteiger partial charge on any atom is 0.223 e. The first-order valence-corrected chi connectivity index (χ1v) is 10.7. The van der Waals surface area contributed by atoms with Crippen LogP contribution >= 0.6 is 0 Å². The Bertz CT molecular complexity index is 1040. The molecule has 0 spiro atoms. The summed E-state index contributed by atoms with van der Waals surface area (Å²) in [5, 5.41) is 1.04. The van der Waals surface area contributed by atoms with Crippen molar-refractivity contribution in [2.45, 2.75) is 37.8 Å². The fourth-order valence-electron chi connectivity index (χ4n) is 4.37. The number of amides is 1. The molecule has 2 atom stereocenters. The summed E-state index contributed by atoms with van der Waals surface area (Å²) in [5.41, 5.74) is 2.75. The second-order valence-electron chi connectivity index (χ2n) is 8.31. The zero-order valence-electron chi connectivity index (χ0n) is 16.8. The van der Waals surface area contributed by atoms with Gasteiger partial charge in [-0.3, -0.25) is 9.78 Å². The number of benzene rings is 2. The fourth-order valence-corrected chi connectivity index (χ4v) is 4.37. The molecule has 2 heterocycles. The van der Waals surface area contributed by atoms with E-state index in [1.54, 1.807) is 18.3 Å². The monoisotopic (exact) mass is 404 g/mol. The largest absolute Gasteiger partial charge is 0.371 e. The number of hydrogen-bond donors (Lipinski definition) is 0. The zero-order chi connectivity index (χ0) is 20.5. The summed E-state index contributed by atoms with van der Waals surface area (Å²) in [6.07, 6.45) is 5.17. The molecular weight excluding hydrogens is 379 g/mol. The number of carbonyl (C=O) groups is 1. The van der Waals surface area contributed by atoms with Gasteiger partial charge in [0.05, 0.1) is 18.2 Å². The van der Waals surface area contributed by atoms with E-state index in [2.05, 4.69) is 4.98 Å². The highest BCUT2D eigenvalue weighted by Gasteiger charge is 2.38. The Hall–Kier alpha value is -2.79. The smallest absolute Gasteiger partial charge is 0.223 e. The van der Waals surface area contributed by atoms with E-state index >= 15 is 0 Å². The van der Waals surface area contributed by atoms with Crippen LogP contribution in [0.25, 0.3) is 10.9 Å². The topological polar surface area (TPSA) is 42.4 Å². The van der Waals surface area contributed by atoms with E-state index < -0.39 is 0 Å². The number of pyridine rings is 1. The molecule has 1 aromatic heterocycles. The summed E-state index contributed by atoms with van der Waals surface area (Å²) in [6.45, 7) is 1.34. The van der Waals surface area contributed by atoms with Crippen molar-refractivity contribution < 1.29 is 13.9 Å². The van der Waals surface area contributed by atoms with Crippen LogP contribution in [0.2, 0.25) is 0 Å². The maximum absolute atomic E-state index is 13.7. The molecule has 3 aromatic rings. The van der Waals surface area contributed by atoms with Crippen molar-refractivity contribution in [3.63, 3.8) is 0 Å². The summed E-state index contributed by atoms with van der Waals surface area (Å²) >= 11 is 0. The third-order valence-electron chi connectivity index (χ3n) is 6.12. The Balaban J connectivity index is 1.63. The fraction of sp³-hybridized carbons (Fsp3) is 0.360. The molecule has 4 nitrogen and oxygen atoms in total. The van der Waals surface area contributed by atoms with Gasteiger partial charge in [-0.05, 0) is 48.9 Å². The van der Waals surface area contributed by atoms with Crippen LogP contribution in [0.1, 0.15) is 49.0 Å². The molecule has 1 amide bonds. The molecule has 0 N–H and O–H groups in total. The lowest BCUT2D eigenvalue weighted by Gasteiger charge is -2.35. The van der Waals surface area contributed by atoms with Crippen LogP contribution in [-0.2, 0) is 9.53 Å². The van der Waals surface area contributed by atoms with Crippen LogP contribution in [-0.4, -0.2) is 28.9 Å². The van der Waals surface area contributed by atoms with Crippen molar-refractivity contribution in [1.82, 2.24) is 9.88 Å². The quantitative estimate of drug-likeness (QED) is 0.543. The van der Waals surface area contributed by atoms with Gasteiger partial charge in [0.1, 0.15) is 11.9 Å². The summed E-state index contributed by atoms with van der Waals surface area (Å²) in [7, 11) is 0. The van der Waals surface area contributed by atoms with Gasteiger partial charge in [-0.1, -0.05) is 36.4 Å². The number of hydrogen-bond acceptors (Lipinski definition) is 3. The van der Waals surface area contributed by atoms with Gasteiger partial charge < -0.3 is 9.64 Å². The lowest BCUT2D eigenvalue weighted by Crippen LogP contribution is -2.35. The van der Waals surface area contributed by atoms with Gasteiger partial charge >= 0.3 is 0 Å². The highest BCUT2D eigenvalue weighted by Crippen LogP contribution is 2.42. The maximum atomic E-state index is 13.7. The van der Waals surface area contributed by atoms with Gasteiger partial charge in [-0.2, -0.15) is 0 Å². The van der Waals surface area contributed by atoms with Crippen LogP contribution in [0.3, 0.4) is 0 Å². The first-order chi connectivity index (χ1) is 14.7. The second-order valence-corrected chi connectivity index (χ2v) is 8.31. The Kier molecular flexibility index (Phi) is 5.21. The highest BCUT2D eigenvalue weighted by atomic mass is 19.1. The minimum atomic E-state index is -0.364. The van der Waals surface area contributed by atoms with Gasteiger partial charge in [0.15, 0.2) is 0 Å². The molecule has 1 saturated carbocycles. The Morgan fingerprint density at radius 2 is 1.90 bits per heavy atom. The van der Waals surface area contributed by atoms with Crippen molar-refractivity contribution in [2.24, 2.45) is 5.92 Å². The summed E-state index contributed by atoms with van der Waals surface area (Å²) in [4.78, 5) is 19.3. The Morgan fingerprint density at radius 3 is 2.63 bits per heavy atom. The minimum absolute atomic E-state index is 0.123. The van der Waals surface area contributed by atoms with Crippen LogP contribution in [0.15, 0.2) is 60.8 Å². The Labute approximate surface area is 175 Å². The van der Waals surface area contributed by atoms with Gasteiger partial charge in [-0.15, -0.1) is 0 Å². The third kappa shape index (κ3) is 3.82. The van der Waals surface area contributed by atoms with E-state index in [9.17, 15) is 9.18 Å². The highest BCUT2D eigenvalue weighted by molar-refractivity contribution is 5.82. The van der Waals surface area contributed by atoms with Gasteiger partial charge in [-0.25, -0.2) is 4.39 Å². The molecular formula is C25H25FN2O2. The van der Waals surface area contributed by atoms with E-state index in [4.69, 9.17) is 4.74 Å². The van der Waals surface area contributed by atoms with Gasteiger partial charge in [0.25, 0.3) is 0 Å². The number of halogens is 1. The molecule has 1 aliphatic carbocycles. The summed E-state index contributed by atoms with van der Waals surface area (Å²) in [6, 6.07) is 16.2. The van der Waals surface area contributed by atoms with E-state index in [1.165, 1.54) is 25.0 Å². The molecule has 1 saturated heterocycles. The zero-order valence-corrected chi connectivity index (χ0v) is 16.8. The van der Waals surface area contributed by atoms with Crippen LogP contribution in [0, 0.1) is 11.7 Å². The van der Waals surface area contributed by atoms with Crippen LogP contribution in [0.5, 0.6) is 0 Å². The number of rotatable bonds is 7. The number of likely N-dealkylation sites (tertiary alicyclic amines) is 1. The van der Waals surface area contributed by atoms with E-state index in [0.717, 1.165) is 28.5 Å². The molecule has 5 rings (SSSR count). The normalized spacial score (nSPS) is 18.7. The molecule has 5 heteroatoms. The van der Waals surface area contributed by atoms with Crippen LogP contribution < -0.4 is 0 Å². The lowest BCUT2D eigenvalue weighted by molar-refractivity contribution is -0.133. The SMILES string of the molecule is O=C1CCCN1[C@@H](c1ccc(F)cc1)[C@H](OCC1CC1)c1cccc2cccnc12. The molecule has 2 aromatic carbocycles. The summed E-state index contributed by atoms with van der Waals surface area (Å²) < 4.78 is 20.2.